The van der Waals surface area contributed by atoms with Gasteiger partial charge in [0.1, 0.15) is 5.56 Å². The summed E-state index contributed by atoms with van der Waals surface area (Å²) in [5, 5.41) is 1.36. The van der Waals surface area contributed by atoms with Crippen LogP contribution >= 0.6 is 23.2 Å². The predicted octanol–water partition coefficient (Wildman–Crippen LogP) is 4.83. The number of nitrogens with zero attached hydrogens (tertiary/aromatic N) is 2. The molecule has 0 radical (unpaired) electrons. The molecule has 2 aromatic carbocycles. The van der Waals surface area contributed by atoms with E-state index in [4.69, 9.17) is 23.2 Å². The van der Waals surface area contributed by atoms with E-state index in [1.54, 1.807) is 18.3 Å². The Morgan fingerprint density at radius 3 is 2.44 bits per heavy atom. The lowest BCUT2D eigenvalue weighted by Gasteiger charge is -2.17. The number of carbonyl (C=O) groups is 1. The molecule has 132 valence electrons. The molecule has 0 atom stereocenters. The maximum Gasteiger partial charge on any atom is 0.268 e. The van der Waals surface area contributed by atoms with E-state index in [1.807, 2.05) is 47.0 Å². The van der Waals surface area contributed by atoms with Gasteiger partial charge >= 0.3 is 0 Å². The van der Waals surface area contributed by atoms with Crippen molar-refractivity contribution in [1.82, 2.24) is 9.13 Å². The number of pyridine rings is 1. The van der Waals surface area contributed by atoms with Crippen LogP contribution in [0.15, 0.2) is 65.6 Å². The maximum atomic E-state index is 13.1. The highest BCUT2D eigenvalue weighted by atomic mass is 35.5. The molecule has 0 spiro atoms. The van der Waals surface area contributed by atoms with Crippen LogP contribution in [0.5, 0.6) is 0 Å². The quantitative estimate of drug-likeness (QED) is 0.430. The first-order valence-corrected chi connectivity index (χ1v) is 9.14. The molecule has 0 saturated carbocycles. The summed E-state index contributed by atoms with van der Waals surface area (Å²) in [5.74, 6) is -0.318. The standard InChI is InChI=1S/C21H12Cl2N2O2/c22-13-8-6-12(7-9-13)11-25-15-4-1-3-14(23)17(15)20(26)18-19(25)16-5-2-10-24(16)21(18)27/h1-10H,11H2. The summed E-state index contributed by atoms with van der Waals surface area (Å²) in [5.41, 5.74) is 2.88. The van der Waals surface area contributed by atoms with Gasteiger partial charge in [0.05, 0.1) is 27.3 Å². The monoisotopic (exact) mass is 394 g/mol. The molecule has 0 saturated heterocycles. The summed E-state index contributed by atoms with van der Waals surface area (Å²) in [6.45, 7) is 0.481. The zero-order valence-corrected chi connectivity index (χ0v) is 15.5. The molecule has 5 rings (SSSR count). The molecule has 27 heavy (non-hydrogen) atoms. The molecule has 0 bridgehead atoms. The van der Waals surface area contributed by atoms with E-state index in [2.05, 4.69) is 0 Å². The highest BCUT2D eigenvalue weighted by Crippen LogP contribution is 2.35. The fraction of sp³-hybridized carbons (Fsp3) is 0.0476. The second-order valence-corrected chi connectivity index (χ2v) is 7.31. The Morgan fingerprint density at radius 2 is 1.67 bits per heavy atom. The highest BCUT2D eigenvalue weighted by Gasteiger charge is 2.33. The van der Waals surface area contributed by atoms with Crippen LogP contribution in [0, 0.1) is 0 Å². The summed E-state index contributed by atoms with van der Waals surface area (Å²) < 4.78 is 3.50. The summed E-state index contributed by atoms with van der Waals surface area (Å²) in [6, 6.07) is 16.5. The molecule has 0 fully saturated rings. The second kappa shape index (κ2) is 5.84. The van der Waals surface area contributed by atoms with Crippen LogP contribution < -0.4 is 5.43 Å². The number of hydrogen-bond donors (Lipinski definition) is 0. The zero-order chi connectivity index (χ0) is 18.7. The average molecular weight is 395 g/mol. The molecule has 4 aromatic rings. The third-order valence-electron chi connectivity index (χ3n) is 4.92. The molecular formula is C21H12Cl2N2O2. The fourth-order valence-electron chi connectivity index (χ4n) is 3.72. The van der Waals surface area contributed by atoms with Crippen molar-refractivity contribution >= 4 is 40.0 Å². The minimum atomic E-state index is -0.327. The molecule has 0 N–H and O–H groups in total. The van der Waals surface area contributed by atoms with E-state index < -0.39 is 0 Å². The Kier molecular flexibility index (Phi) is 3.54. The van der Waals surface area contributed by atoms with Crippen LogP contribution in [-0.4, -0.2) is 15.0 Å². The van der Waals surface area contributed by atoms with E-state index in [0.717, 1.165) is 5.56 Å². The molecule has 6 heteroatoms. The van der Waals surface area contributed by atoms with Crippen molar-refractivity contribution in [2.45, 2.75) is 6.54 Å². The Bertz CT molecular complexity index is 1300. The Labute approximate surface area is 164 Å². The maximum absolute atomic E-state index is 13.1. The number of fused-ring (bicyclic) bond motifs is 4. The molecule has 4 nitrogen and oxygen atoms in total. The van der Waals surface area contributed by atoms with E-state index in [-0.39, 0.29) is 16.9 Å². The van der Waals surface area contributed by atoms with Crippen LogP contribution in [-0.2, 0) is 6.54 Å². The fourth-order valence-corrected chi connectivity index (χ4v) is 4.10. The minimum Gasteiger partial charge on any atom is -0.334 e. The largest absolute Gasteiger partial charge is 0.334 e. The number of halogens is 2. The van der Waals surface area contributed by atoms with Gasteiger partial charge in [-0.25, -0.2) is 0 Å². The van der Waals surface area contributed by atoms with Crippen molar-refractivity contribution in [3.05, 3.63) is 92.2 Å². The molecule has 0 aliphatic carbocycles. The molecule has 0 amide bonds. The lowest BCUT2D eigenvalue weighted by atomic mass is 10.1. The van der Waals surface area contributed by atoms with Crippen LogP contribution in [0.3, 0.4) is 0 Å². The van der Waals surface area contributed by atoms with Gasteiger partial charge in [-0.3, -0.25) is 14.2 Å². The normalized spacial score (nSPS) is 12.4. The van der Waals surface area contributed by atoms with Gasteiger partial charge in [-0.1, -0.05) is 41.4 Å². The first-order chi connectivity index (χ1) is 13.1. The molecule has 3 heterocycles. The minimum absolute atomic E-state index is 0.167. The molecule has 1 aliphatic rings. The summed E-state index contributed by atoms with van der Waals surface area (Å²) in [4.78, 5) is 26.0. The van der Waals surface area contributed by atoms with Gasteiger partial charge in [-0.15, -0.1) is 0 Å². The lowest BCUT2D eigenvalue weighted by molar-refractivity contribution is 0.0968. The van der Waals surface area contributed by atoms with Crippen molar-refractivity contribution < 1.29 is 4.79 Å². The lowest BCUT2D eigenvalue weighted by Crippen LogP contribution is -2.20. The molecule has 0 unspecified atom stereocenters. The van der Waals surface area contributed by atoms with Gasteiger partial charge in [-0.05, 0) is 42.0 Å². The summed E-state index contributed by atoms with van der Waals surface area (Å²) in [7, 11) is 0. The SMILES string of the molecule is O=C1c2c(n(Cc3ccc(Cl)cc3)c3cccc(Cl)c3c2=O)-c2cccn21. The first-order valence-electron chi connectivity index (χ1n) is 8.38. The van der Waals surface area contributed by atoms with Crippen molar-refractivity contribution in [2.24, 2.45) is 0 Å². The zero-order valence-electron chi connectivity index (χ0n) is 13.9. The van der Waals surface area contributed by atoms with E-state index in [0.29, 0.717) is 38.9 Å². The Morgan fingerprint density at radius 1 is 0.889 bits per heavy atom. The second-order valence-electron chi connectivity index (χ2n) is 6.47. The summed E-state index contributed by atoms with van der Waals surface area (Å²) in [6.07, 6.45) is 1.68. The van der Waals surface area contributed by atoms with Crippen molar-refractivity contribution in [2.75, 3.05) is 0 Å². The number of aromatic nitrogens is 2. The number of hydrogen-bond acceptors (Lipinski definition) is 2. The van der Waals surface area contributed by atoms with E-state index >= 15 is 0 Å². The van der Waals surface area contributed by atoms with Gasteiger partial charge in [0.25, 0.3) is 5.91 Å². The first kappa shape index (κ1) is 16.4. The van der Waals surface area contributed by atoms with Crippen LogP contribution in [0.4, 0.5) is 0 Å². The highest BCUT2D eigenvalue weighted by molar-refractivity contribution is 6.35. The topological polar surface area (TPSA) is 44.0 Å². The summed E-state index contributed by atoms with van der Waals surface area (Å²) >= 11 is 12.3. The van der Waals surface area contributed by atoms with Crippen molar-refractivity contribution in [1.29, 1.82) is 0 Å². The van der Waals surface area contributed by atoms with Crippen molar-refractivity contribution in [3.8, 4) is 11.4 Å². The third-order valence-corrected chi connectivity index (χ3v) is 5.49. The van der Waals surface area contributed by atoms with Crippen LogP contribution in [0.25, 0.3) is 22.3 Å². The molecule has 2 aromatic heterocycles. The number of benzene rings is 2. The van der Waals surface area contributed by atoms with Gasteiger partial charge in [0.2, 0.25) is 5.43 Å². The average Bonchev–Trinajstić information content (AvgIpc) is 3.23. The van der Waals surface area contributed by atoms with Gasteiger partial charge in [0.15, 0.2) is 0 Å². The van der Waals surface area contributed by atoms with Gasteiger partial charge in [-0.2, -0.15) is 0 Å². The third kappa shape index (κ3) is 2.30. The Hall–Kier alpha value is -2.82. The van der Waals surface area contributed by atoms with Crippen molar-refractivity contribution in [3.63, 3.8) is 0 Å². The van der Waals surface area contributed by atoms with Crippen LogP contribution in [0.1, 0.15) is 15.9 Å². The molecule has 1 aliphatic heterocycles. The smallest absolute Gasteiger partial charge is 0.268 e. The van der Waals surface area contributed by atoms with Gasteiger partial charge < -0.3 is 4.57 Å². The Balaban J connectivity index is 1.89. The number of rotatable bonds is 2. The van der Waals surface area contributed by atoms with Crippen LogP contribution in [0.2, 0.25) is 10.0 Å². The van der Waals surface area contributed by atoms with E-state index in [9.17, 15) is 9.59 Å². The number of carbonyl (C=O) groups excluding carboxylic acids is 1. The molecular weight excluding hydrogens is 383 g/mol. The van der Waals surface area contributed by atoms with E-state index in [1.165, 1.54) is 4.57 Å². The van der Waals surface area contributed by atoms with Gasteiger partial charge in [0, 0.05) is 17.8 Å². The predicted molar refractivity (Wildman–Crippen MR) is 107 cm³/mol.